The molecule has 4 aliphatic carbocycles. The van der Waals surface area contributed by atoms with E-state index in [4.69, 9.17) is 4.74 Å². The number of carbonyl (C=O) groups excluding carboxylic acids is 1. The van der Waals surface area contributed by atoms with Gasteiger partial charge in [0.2, 0.25) is 0 Å². The van der Waals surface area contributed by atoms with E-state index < -0.39 is 0 Å². The van der Waals surface area contributed by atoms with Crippen molar-refractivity contribution in [3.63, 3.8) is 0 Å². The fraction of sp³-hybridized carbons (Fsp3) is 0.857. The van der Waals surface area contributed by atoms with Gasteiger partial charge in [-0.3, -0.25) is 4.79 Å². The zero-order chi connectivity index (χ0) is 16.9. The molecule has 1 N–H and O–H groups in total. The highest BCUT2D eigenvalue weighted by Crippen LogP contribution is 2.65. The molecule has 3 nitrogen and oxygen atoms in total. The molecule has 4 aliphatic rings. The molecule has 0 aromatic heterocycles. The van der Waals surface area contributed by atoms with Crippen molar-refractivity contribution in [1.82, 2.24) is 0 Å². The first-order valence-electron chi connectivity index (χ1n) is 9.99. The van der Waals surface area contributed by atoms with Crippen LogP contribution in [0.5, 0.6) is 0 Å². The minimum Gasteiger partial charge on any atom is -0.462 e. The molecular formula is C21H32O3. The van der Waals surface area contributed by atoms with Gasteiger partial charge in [-0.1, -0.05) is 18.6 Å². The van der Waals surface area contributed by atoms with Crippen LogP contribution in [0.4, 0.5) is 0 Å². The molecule has 4 rings (SSSR count). The Kier molecular flexibility index (Phi) is 4.06. The summed E-state index contributed by atoms with van der Waals surface area (Å²) >= 11 is 0. The molecule has 3 heteroatoms. The van der Waals surface area contributed by atoms with Gasteiger partial charge in [0.1, 0.15) is 6.10 Å². The summed E-state index contributed by atoms with van der Waals surface area (Å²) in [6, 6.07) is 0. The standard InChI is InChI=1S/C21H32O3/c1-14(23)24-19-9-8-17-16-7-6-15-5-3-4-11-21(15,13-22)18(16)10-12-20(17,19)2/h5,16-19,22H,3-4,6-13H2,1-2H3/t16-,17-,18-,19-,20-,21+/m0/s1. The first kappa shape index (κ1) is 16.6. The Morgan fingerprint density at radius 1 is 1.25 bits per heavy atom. The van der Waals surface area contributed by atoms with Crippen LogP contribution in [0, 0.1) is 28.6 Å². The van der Waals surface area contributed by atoms with Crippen LogP contribution in [0.2, 0.25) is 0 Å². The fourth-order valence-electron chi connectivity index (χ4n) is 7.17. The number of fused-ring (bicyclic) bond motifs is 5. The van der Waals surface area contributed by atoms with Crippen LogP contribution in [-0.2, 0) is 9.53 Å². The monoisotopic (exact) mass is 332 g/mol. The quantitative estimate of drug-likeness (QED) is 0.607. The zero-order valence-corrected chi connectivity index (χ0v) is 15.2. The summed E-state index contributed by atoms with van der Waals surface area (Å²) < 4.78 is 5.72. The summed E-state index contributed by atoms with van der Waals surface area (Å²) in [5.74, 6) is 1.87. The molecule has 6 atom stereocenters. The number of carbonyl (C=O) groups is 1. The molecule has 134 valence electrons. The molecule has 0 aromatic rings. The van der Waals surface area contributed by atoms with E-state index in [2.05, 4.69) is 13.0 Å². The number of hydrogen-bond acceptors (Lipinski definition) is 3. The summed E-state index contributed by atoms with van der Waals surface area (Å²) in [5.41, 5.74) is 1.79. The maximum atomic E-state index is 11.5. The number of hydrogen-bond donors (Lipinski definition) is 1. The lowest BCUT2D eigenvalue weighted by atomic mass is 9.47. The highest BCUT2D eigenvalue weighted by Gasteiger charge is 2.60. The average Bonchev–Trinajstić information content (AvgIpc) is 2.90. The van der Waals surface area contributed by atoms with Gasteiger partial charge in [-0.25, -0.2) is 0 Å². The van der Waals surface area contributed by atoms with E-state index in [9.17, 15) is 9.90 Å². The van der Waals surface area contributed by atoms with Crippen molar-refractivity contribution in [3.8, 4) is 0 Å². The summed E-state index contributed by atoms with van der Waals surface area (Å²) in [6.07, 6.45) is 13.1. The van der Waals surface area contributed by atoms with Crippen molar-refractivity contribution >= 4 is 5.97 Å². The molecular weight excluding hydrogens is 300 g/mol. The van der Waals surface area contributed by atoms with E-state index in [1.54, 1.807) is 12.5 Å². The normalized spacial score (nSPS) is 47.2. The van der Waals surface area contributed by atoms with E-state index >= 15 is 0 Å². The van der Waals surface area contributed by atoms with Gasteiger partial charge in [0.15, 0.2) is 0 Å². The lowest BCUT2D eigenvalue weighted by Crippen LogP contribution is -2.53. The number of ether oxygens (including phenoxy) is 1. The Morgan fingerprint density at radius 2 is 2.08 bits per heavy atom. The molecule has 0 aromatic carbocycles. The van der Waals surface area contributed by atoms with Crippen molar-refractivity contribution in [2.75, 3.05) is 6.61 Å². The Labute approximate surface area is 145 Å². The Bertz CT molecular complexity index is 553. The van der Waals surface area contributed by atoms with Gasteiger partial charge >= 0.3 is 5.97 Å². The van der Waals surface area contributed by atoms with Gasteiger partial charge in [-0.15, -0.1) is 0 Å². The van der Waals surface area contributed by atoms with E-state index in [-0.39, 0.29) is 22.9 Å². The van der Waals surface area contributed by atoms with Gasteiger partial charge < -0.3 is 9.84 Å². The predicted octanol–water partition coefficient (Wildman–Crippen LogP) is 4.24. The van der Waals surface area contributed by atoms with Gasteiger partial charge in [-0.05, 0) is 75.5 Å². The highest BCUT2D eigenvalue weighted by atomic mass is 16.5. The second-order valence-electron chi connectivity index (χ2n) is 9.07. The molecule has 24 heavy (non-hydrogen) atoms. The average molecular weight is 332 g/mol. The number of allylic oxidation sites excluding steroid dienone is 1. The number of aliphatic hydroxyl groups is 1. The third-order valence-electron chi connectivity index (χ3n) is 8.25. The van der Waals surface area contributed by atoms with Crippen molar-refractivity contribution < 1.29 is 14.6 Å². The van der Waals surface area contributed by atoms with Crippen molar-refractivity contribution in [3.05, 3.63) is 11.6 Å². The largest absolute Gasteiger partial charge is 0.462 e. The van der Waals surface area contributed by atoms with Crippen LogP contribution in [0.15, 0.2) is 11.6 Å². The minimum atomic E-state index is -0.128. The highest BCUT2D eigenvalue weighted by molar-refractivity contribution is 5.66. The van der Waals surface area contributed by atoms with Crippen LogP contribution in [0.1, 0.15) is 71.6 Å². The Morgan fingerprint density at radius 3 is 2.83 bits per heavy atom. The van der Waals surface area contributed by atoms with E-state index in [1.165, 1.54) is 44.9 Å². The molecule has 3 fully saturated rings. The van der Waals surface area contributed by atoms with Gasteiger partial charge in [0, 0.05) is 17.8 Å². The van der Waals surface area contributed by atoms with Crippen LogP contribution in [0.3, 0.4) is 0 Å². The fourth-order valence-corrected chi connectivity index (χ4v) is 7.17. The first-order valence-corrected chi connectivity index (χ1v) is 9.99. The van der Waals surface area contributed by atoms with Crippen molar-refractivity contribution in [2.24, 2.45) is 28.6 Å². The summed E-state index contributed by atoms with van der Waals surface area (Å²) in [7, 11) is 0. The summed E-state index contributed by atoms with van der Waals surface area (Å²) in [5, 5.41) is 10.4. The number of aliphatic hydroxyl groups excluding tert-OH is 1. The molecule has 0 spiro atoms. The third kappa shape index (κ3) is 2.23. The molecule has 0 radical (unpaired) electrons. The van der Waals surface area contributed by atoms with E-state index in [0.29, 0.717) is 24.4 Å². The second kappa shape index (κ2) is 5.86. The van der Waals surface area contributed by atoms with Gasteiger partial charge in [0.05, 0.1) is 6.61 Å². The van der Waals surface area contributed by atoms with Crippen LogP contribution < -0.4 is 0 Å². The van der Waals surface area contributed by atoms with E-state index in [0.717, 1.165) is 12.8 Å². The molecule has 0 unspecified atom stereocenters. The minimum absolute atomic E-state index is 0.0714. The second-order valence-corrected chi connectivity index (χ2v) is 9.07. The molecule has 0 aliphatic heterocycles. The molecule has 0 saturated heterocycles. The lowest BCUT2D eigenvalue weighted by Gasteiger charge is -2.58. The van der Waals surface area contributed by atoms with Gasteiger partial charge in [-0.2, -0.15) is 0 Å². The number of rotatable bonds is 2. The molecule has 0 bridgehead atoms. The van der Waals surface area contributed by atoms with Crippen LogP contribution in [0.25, 0.3) is 0 Å². The molecule has 0 heterocycles. The summed E-state index contributed by atoms with van der Waals surface area (Å²) in [6.45, 7) is 4.24. The summed E-state index contributed by atoms with van der Waals surface area (Å²) in [4.78, 5) is 11.5. The predicted molar refractivity (Wildman–Crippen MR) is 93.3 cm³/mol. The maximum Gasteiger partial charge on any atom is 0.302 e. The number of esters is 1. The lowest BCUT2D eigenvalue weighted by molar-refractivity contribution is -0.158. The molecule has 3 saturated carbocycles. The molecule has 0 amide bonds. The first-order chi connectivity index (χ1) is 11.5. The Hall–Kier alpha value is -0.830. The topological polar surface area (TPSA) is 46.5 Å². The van der Waals surface area contributed by atoms with Crippen LogP contribution >= 0.6 is 0 Å². The van der Waals surface area contributed by atoms with Crippen LogP contribution in [-0.4, -0.2) is 23.8 Å². The maximum absolute atomic E-state index is 11.5. The van der Waals surface area contributed by atoms with Gasteiger partial charge in [0.25, 0.3) is 0 Å². The third-order valence-corrected chi connectivity index (χ3v) is 8.25. The van der Waals surface area contributed by atoms with Crippen molar-refractivity contribution in [1.29, 1.82) is 0 Å². The van der Waals surface area contributed by atoms with E-state index in [1.807, 2.05) is 0 Å². The SMILES string of the molecule is CC(=O)O[C@H]1CC[C@H]2[C@@H]3CCC4=CCCC[C@]4(CO)[C@H]3CC[C@]12C. The Balaban J connectivity index is 1.63. The smallest absolute Gasteiger partial charge is 0.302 e. The van der Waals surface area contributed by atoms with Crippen molar-refractivity contribution in [2.45, 2.75) is 77.7 Å². The zero-order valence-electron chi connectivity index (χ0n) is 15.2.